The number of carbonyl (C=O) groups is 1. The number of esters is 1. The molecule has 1 aromatic heterocycles. The van der Waals surface area contributed by atoms with Crippen LogP contribution in [0.5, 0.6) is 0 Å². The van der Waals surface area contributed by atoms with Crippen LogP contribution in [0.15, 0.2) is 81.3 Å². The number of rotatable bonds is 4. The molecule has 0 aliphatic carbocycles. The van der Waals surface area contributed by atoms with Crippen LogP contribution in [0.25, 0.3) is 20.2 Å². The smallest absolute Gasteiger partial charge is 0.339 e. The molecule has 0 spiro atoms. The first-order valence-electron chi connectivity index (χ1n) is 8.90. The second-order valence-corrected chi connectivity index (χ2v) is 9.31. The predicted molar refractivity (Wildman–Crippen MR) is 113 cm³/mol. The number of hydrogen-bond acceptors (Lipinski definition) is 6. The third kappa shape index (κ3) is 3.32. The Kier molecular flexibility index (Phi) is 4.94. The fourth-order valence-corrected chi connectivity index (χ4v) is 5.79. The van der Waals surface area contributed by atoms with Crippen LogP contribution in [0.4, 0.5) is 0 Å². The van der Waals surface area contributed by atoms with Crippen LogP contribution in [-0.2, 0) is 14.6 Å². The highest BCUT2D eigenvalue weighted by molar-refractivity contribution is 7.91. The predicted octanol–water partition coefficient (Wildman–Crippen LogP) is 4.42. The zero-order valence-electron chi connectivity index (χ0n) is 15.4. The maximum atomic E-state index is 13.3. The molecule has 4 aromatic rings. The van der Waals surface area contributed by atoms with Gasteiger partial charge in [0.15, 0.2) is 5.43 Å². The maximum Gasteiger partial charge on any atom is 0.339 e. The van der Waals surface area contributed by atoms with Gasteiger partial charge in [-0.3, -0.25) is 4.79 Å². The van der Waals surface area contributed by atoms with Gasteiger partial charge < -0.3 is 4.74 Å². The van der Waals surface area contributed by atoms with E-state index in [4.69, 9.17) is 4.74 Å². The molecule has 146 valence electrons. The number of sulfone groups is 1. The Morgan fingerprint density at radius 2 is 1.62 bits per heavy atom. The molecule has 0 saturated heterocycles. The van der Waals surface area contributed by atoms with Gasteiger partial charge in [-0.05, 0) is 43.3 Å². The van der Waals surface area contributed by atoms with Crippen LogP contribution in [0.3, 0.4) is 0 Å². The van der Waals surface area contributed by atoms with Crippen molar-refractivity contribution in [1.82, 2.24) is 0 Å². The quantitative estimate of drug-likeness (QED) is 0.358. The van der Waals surface area contributed by atoms with Crippen LogP contribution in [0.2, 0.25) is 0 Å². The van der Waals surface area contributed by atoms with Gasteiger partial charge in [0.25, 0.3) is 0 Å². The van der Waals surface area contributed by atoms with Crippen molar-refractivity contribution in [3.05, 3.63) is 82.5 Å². The van der Waals surface area contributed by atoms with Crippen molar-refractivity contribution in [3.8, 4) is 0 Å². The van der Waals surface area contributed by atoms with Crippen LogP contribution >= 0.6 is 11.3 Å². The summed E-state index contributed by atoms with van der Waals surface area (Å²) in [5.41, 5.74) is -0.383. The number of ether oxygens (including phenoxy) is 1. The van der Waals surface area contributed by atoms with E-state index in [1.807, 2.05) is 12.1 Å². The van der Waals surface area contributed by atoms with E-state index in [-0.39, 0.29) is 27.4 Å². The Morgan fingerprint density at radius 3 is 2.34 bits per heavy atom. The van der Waals surface area contributed by atoms with E-state index in [0.717, 1.165) is 4.70 Å². The number of benzene rings is 3. The van der Waals surface area contributed by atoms with Gasteiger partial charge in [0.05, 0.1) is 22.0 Å². The third-order valence-corrected chi connectivity index (χ3v) is 7.46. The normalized spacial score (nSPS) is 11.6. The fourth-order valence-electron chi connectivity index (χ4n) is 3.15. The highest BCUT2D eigenvalue weighted by Gasteiger charge is 2.27. The van der Waals surface area contributed by atoms with E-state index in [0.29, 0.717) is 15.5 Å². The number of fused-ring (bicyclic) bond motifs is 2. The highest BCUT2D eigenvalue weighted by Crippen LogP contribution is 2.32. The molecule has 0 unspecified atom stereocenters. The Balaban J connectivity index is 2.09. The summed E-state index contributed by atoms with van der Waals surface area (Å²) in [4.78, 5) is 25.4. The number of carbonyl (C=O) groups excluding carboxylic acids is 1. The molecule has 0 amide bonds. The van der Waals surface area contributed by atoms with Crippen molar-refractivity contribution >= 4 is 47.3 Å². The molecule has 0 fully saturated rings. The van der Waals surface area contributed by atoms with Crippen LogP contribution in [0.1, 0.15) is 17.3 Å². The average Bonchev–Trinajstić information content (AvgIpc) is 2.74. The minimum atomic E-state index is -3.99. The topological polar surface area (TPSA) is 77.5 Å². The lowest BCUT2D eigenvalue weighted by Gasteiger charge is -2.12. The lowest BCUT2D eigenvalue weighted by molar-refractivity contribution is 0.0522. The van der Waals surface area contributed by atoms with Gasteiger partial charge in [0.2, 0.25) is 9.84 Å². The Morgan fingerprint density at radius 1 is 0.931 bits per heavy atom. The lowest BCUT2D eigenvalue weighted by atomic mass is 10.1. The standard InChI is InChI=1S/C22H16O5S2/c1-2-27-22(24)17-12-16-19(28-18-11-7-6-10-15(18)21(16)23)13-20(17)29(25,26)14-8-4-3-5-9-14/h3-13H,2H2,1H3. The minimum Gasteiger partial charge on any atom is -0.462 e. The van der Waals surface area contributed by atoms with Crippen molar-refractivity contribution in [2.75, 3.05) is 6.61 Å². The van der Waals surface area contributed by atoms with E-state index in [9.17, 15) is 18.0 Å². The Labute approximate surface area is 171 Å². The molecule has 0 aliphatic heterocycles. The molecule has 0 bridgehead atoms. The van der Waals surface area contributed by atoms with Gasteiger partial charge in [0.1, 0.15) is 0 Å². The summed E-state index contributed by atoms with van der Waals surface area (Å²) in [7, 11) is -3.99. The largest absolute Gasteiger partial charge is 0.462 e. The summed E-state index contributed by atoms with van der Waals surface area (Å²) in [5.74, 6) is -0.776. The third-order valence-electron chi connectivity index (χ3n) is 4.52. The van der Waals surface area contributed by atoms with Crippen LogP contribution < -0.4 is 5.43 Å². The molecular weight excluding hydrogens is 408 g/mol. The molecule has 29 heavy (non-hydrogen) atoms. The molecule has 0 saturated carbocycles. The molecule has 4 rings (SSSR count). The molecule has 0 N–H and O–H groups in total. The van der Waals surface area contributed by atoms with Gasteiger partial charge >= 0.3 is 5.97 Å². The second-order valence-electron chi connectivity index (χ2n) is 6.31. The molecule has 3 aromatic carbocycles. The summed E-state index contributed by atoms with van der Waals surface area (Å²) in [5, 5.41) is 0.822. The lowest BCUT2D eigenvalue weighted by Crippen LogP contribution is -2.14. The number of hydrogen-bond donors (Lipinski definition) is 0. The SMILES string of the molecule is CCOC(=O)c1cc2c(=O)c3ccccc3sc2cc1S(=O)(=O)c1ccccc1. The first kappa shape index (κ1) is 19.3. The molecule has 1 heterocycles. The van der Waals surface area contributed by atoms with Crippen molar-refractivity contribution in [2.24, 2.45) is 0 Å². The van der Waals surface area contributed by atoms with Crippen molar-refractivity contribution < 1.29 is 17.9 Å². The van der Waals surface area contributed by atoms with Crippen molar-refractivity contribution in [1.29, 1.82) is 0 Å². The van der Waals surface area contributed by atoms with Gasteiger partial charge in [-0.15, -0.1) is 11.3 Å². The fraction of sp³-hybridized carbons (Fsp3) is 0.0909. The van der Waals surface area contributed by atoms with E-state index in [2.05, 4.69) is 0 Å². The van der Waals surface area contributed by atoms with Crippen LogP contribution in [0, 0.1) is 0 Å². The van der Waals surface area contributed by atoms with Gasteiger partial charge in [-0.2, -0.15) is 0 Å². The van der Waals surface area contributed by atoms with Crippen molar-refractivity contribution in [2.45, 2.75) is 16.7 Å². The van der Waals surface area contributed by atoms with E-state index in [1.165, 1.54) is 35.6 Å². The van der Waals surface area contributed by atoms with Crippen molar-refractivity contribution in [3.63, 3.8) is 0 Å². The monoisotopic (exact) mass is 424 g/mol. The average molecular weight is 424 g/mol. The molecule has 0 atom stereocenters. The van der Waals surface area contributed by atoms with Gasteiger partial charge in [-0.25, -0.2) is 13.2 Å². The summed E-state index contributed by atoms with van der Waals surface area (Å²) in [6.45, 7) is 1.73. The first-order valence-corrected chi connectivity index (χ1v) is 11.2. The molecule has 7 heteroatoms. The van der Waals surface area contributed by atoms with Gasteiger partial charge in [0, 0.05) is 20.2 Å². The zero-order chi connectivity index (χ0) is 20.6. The Bertz CT molecular complexity index is 1400. The maximum absolute atomic E-state index is 13.3. The zero-order valence-corrected chi connectivity index (χ0v) is 17.0. The van der Waals surface area contributed by atoms with E-state index in [1.54, 1.807) is 37.3 Å². The van der Waals surface area contributed by atoms with E-state index < -0.39 is 15.8 Å². The molecular formula is C22H16O5S2. The first-order chi connectivity index (χ1) is 13.9. The van der Waals surface area contributed by atoms with Crippen LogP contribution in [-0.4, -0.2) is 21.0 Å². The summed E-state index contributed by atoms with van der Waals surface area (Å²) >= 11 is 1.31. The van der Waals surface area contributed by atoms with E-state index >= 15 is 0 Å². The minimum absolute atomic E-state index is 0.0676. The molecule has 0 aliphatic rings. The van der Waals surface area contributed by atoms with Gasteiger partial charge in [-0.1, -0.05) is 30.3 Å². The molecule has 0 radical (unpaired) electrons. The second kappa shape index (κ2) is 7.42. The molecule has 5 nitrogen and oxygen atoms in total. The Hall–Kier alpha value is -3.03. The summed E-state index contributed by atoms with van der Waals surface area (Å²) in [6, 6.07) is 17.7. The highest BCUT2D eigenvalue weighted by atomic mass is 32.2. The summed E-state index contributed by atoms with van der Waals surface area (Å²) < 4.78 is 32.9. The summed E-state index contributed by atoms with van der Waals surface area (Å²) in [6.07, 6.45) is 0.